The van der Waals surface area contributed by atoms with Gasteiger partial charge in [-0.3, -0.25) is 4.79 Å². The summed E-state index contributed by atoms with van der Waals surface area (Å²) in [4.78, 5) is 11.8. The fraction of sp³-hybridized carbons (Fsp3) is 0.278. The molecule has 2 aromatic rings. The Morgan fingerprint density at radius 1 is 1.14 bits per heavy atom. The van der Waals surface area contributed by atoms with E-state index in [1.165, 1.54) is 5.56 Å². The van der Waals surface area contributed by atoms with Gasteiger partial charge in [0.2, 0.25) is 0 Å². The summed E-state index contributed by atoms with van der Waals surface area (Å²) in [5.74, 6) is 0.632. The van der Waals surface area contributed by atoms with Gasteiger partial charge in [-0.2, -0.15) is 0 Å². The molecule has 2 aromatic carbocycles. The van der Waals surface area contributed by atoms with Crippen LogP contribution in [0.1, 0.15) is 16.7 Å². The summed E-state index contributed by atoms with van der Waals surface area (Å²) < 4.78 is 5.54. The zero-order chi connectivity index (χ0) is 15.9. The molecule has 116 valence electrons. The third kappa shape index (κ3) is 5.08. The van der Waals surface area contributed by atoms with E-state index >= 15 is 0 Å². The van der Waals surface area contributed by atoms with E-state index in [0.717, 1.165) is 28.3 Å². The number of aryl methyl sites for hydroxylation is 2. The van der Waals surface area contributed by atoms with Gasteiger partial charge in [-0.05, 0) is 49.6 Å². The van der Waals surface area contributed by atoms with Crippen LogP contribution in [0, 0.1) is 13.8 Å². The number of hydrogen-bond donors (Lipinski definition) is 1. The molecule has 1 amide bonds. The quantitative estimate of drug-likeness (QED) is 0.882. The average Bonchev–Trinajstić information content (AvgIpc) is 2.48. The van der Waals surface area contributed by atoms with Crippen molar-refractivity contribution in [2.75, 3.05) is 13.2 Å². The highest BCUT2D eigenvalue weighted by Crippen LogP contribution is 2.18. The van der Waals surface area contributed by atoms with Crippen LogP contribution in [0.15, 0.2) is 42.5 Å². The minimum absolute atomic E-state index is 0.0323. The van der Waals surface area contributed by atoms with E-state index in [0.29, 0.717) is 6.54 Å². The molecule has 0 aromatic heterocycles. The molecule has 0 bridgehead atoms. The fourth-order valence-corrected chi connectivity index (χ4v) is 2.28. The van der Waals surface area contributed by atoms with Gasteiger partial charge in [0, 0.05) is 11.6 Å². The van der Waals surface area contributed by atoms with Crippen molar-refractivity contribution in [3.05, 3.63) is 64.2 Å². The highest BCUT2D eigenvalue weighted by Gasteiger charge is 2.05. The topological polar surface area (TPSA) is 38.3 Å². The molecule has 0 heterocycles. The van der Waals surface area contributed by atoms with E-state index in [9.17, 15) is 4.79 Å². The van der Waals surface area contributed by atoms with Crippen molar-refractivity contribution in [2.45, 2.75) is 20.3 Å². The maximum absolute atomic E-state index is 11.8. The van der Waals surface area contributed by atoms with Gasteiger partial charge in [-0.15, -0.1) is 0 Å². The number of rotatable bonds is 6. The molecule has 22 heavy (non-hydrogen) atoms. The normalized spacial score (nSPS) is 10.3. The van der Waals surface area contributed by atoms with Crippen LogP contribution >= 0.6 is 11.6 Å². The third-order valence-corrected chi connectivity index (χ3v) is 3.59. The number of carbonyl (C=O) groups is 1. The van der Waals surface area contributed by atoms with Crippen molar-refractivity contribution in [3.8, 4) is 5.75 Å². The van der Waals surface area contributed by atoms with Crippen LogP contribution in [0.3, 0.4) is 0 Å². The van der Waals surface area contributed by atoms with Gasteiger partial charge in [0.15, 0.2) is 6.61 Å². The molecule has 1 N–H and O–H groups in total. The molecule has 0 aliphatic rings. The van der Waals surface area contributed by atoms with Gasteiger partial charge in [-0.25, -0.2) is 0 Å². The summed E-state index contributed by atoms with van der Waals surface area (Å²) in [6.07, 6.45) is 0.770. The van der Waals surface area contributed by atoms with Crippen LogP contribution in [0.2, 0.25) is 5.02 Å². The minimum Gasteiger partial charge on any atom is -0.484 e. The van der Waals surface area contributed by atoms with E-state index in [4.69, 9.17) is 16.3 Å². The lowest BCUT2D eigenvalue weighted by Gasteiger charge is -2.10. The smallest absolute Gasteiger partial charge is 0.257 e. The second kappa shape index (κ2) is 7.85. The summed E-state index contributed by atoms with van der Waals surface area (Å²) in [6.45, 7) is 4.61. The van der Waals surface area contributed by atoms with Crippen molar-refractivity contribution in [2.24, 2.45) is 0 Å². The molecule has 3 nitrogen and oxygen atoms in total. The van der Waals surface area contributed by atoms with Crippen LogP contribution in [-0.2, 0) is 11.2 Å². The Hall–Kier alpha value is -2.00. The first kappa shape index (κ1) is 16.4. The first-order valence-electron chi connectivity index (χ1n) is 7.26. The zero-order valence-corrected chi connectivity index (χ0v) is 13.6. The standard InChI is InChI=1S/C18H20ClNO2/c1-13-3-8-17(14(2)11-13)22-12-18(21)20-10-9-15-4-6-16(19)7-5-15/h3-8,11H,9-10,12H2,1-2H3,(H,20,21). The molecule has 2 rings (SSSR count). The van der Waals surface area contributed by atoms with Gasteiger partial charge < -0.3 is 10.1 Å². The van der Waals surface area contributed by atoms with Gasteiger partial charge in [-0.1, -0.05) is 41.4 Å². The first-order chi connectivity index (χ1) is 10.5. The molecular weight excluding hydrogens is 298 g/mol. The van der Waals surface area contributed by atoms with Crippen molar-refractivity contribution < 1.29 is 9.53 Å². The summed E-state index contributed by atoms with van der Waals surface area (Å²) in [6, 6.07) is 13.5. The second-order valence-electron chi connectivity index (χ2n) is 5.28. The van der Waals surface area contributed by atoms with Crippen LogP contribution in [0.25, 0.3) is 0 Å². The Balaban J connectivity index is 1.72. The molecule has 0 saturated heterocycles. The summed E-state index contributed by atoms with van der Waals surface area (Å²) >= 11 is 5.83. The number of ether oxygens (including phenoxy) is 1. The molecule has 0 saturated carbocycles. The van der Waals surface area contributed by atoms with E-state index in [1.807, 2.05) is 56.3 Å². The Bertz CT molecular complexity index is 638. The summed E-state index contributed by atoms with van der Waals surface area (Å²) in [5.41, 5.74) is 3.35. The summed E-state index contributed by atoms with van der Waals surface area (Å²) in [5, 5.41) is 3.57. The molecule has 0 fully saturated rings. The Morgan fingerprint density at radius 2 is 1.86 bits per heavy atom. The predicted molar refractivity (Wildman–Crippen MR) is 89.6 cm³/mol. The fourth-order valence-electron chi connectivity index (χ4n) is 2.15. The lowest BCUT2D eigenvalue weighted by atomic mass is 10.1. The number of carbonyl (C=O) groups excluding carboxylic acids is 1. The molecule has 0 radical (unpaired) electrons. The highest BCUT2D eigenvalue weighted by molar-refractivity contribution is 6.30. The Kier molecular flexibility index (Phi) is 5.84. The van der Waals surface area contributed by atoms with Crippen molar-refractivity contribution in [3.63, 3.8) is 0 Å². The molecule has 0 atom stereocenters. The van der Waals surface area contributed by atoms with Gasteiger partial charge in [0.25, 0.3) is 5.91 Å². The average molecular weight is 318 g/mol. The minimum atomic E-state index is -0.117. The maximum Gasteiger partial charge on any atom is 0.257 e. The largest absolute Gasteiger partial charge is 0.484 e. The van der Waals surface area contributed by atoms with Crippen LogP contribution in [0.5, 0.6) is 5.75 Å². The number of benzene rings is 2. The lowest BCUT2D eigenvalue weighted by molar-refractivity contribution is -0.123. The number of halogens is 1. The van der Waals surface area contributed by atoms with Crippen molar-refractivity contribution >= 4 is 17.5 Å². The van der Waals surface area contributed by atoms with E-state index in [2.05, 4.69) is 5.32 Å². The van der Waals surface area contributed by atoms with Gasteiger partial charge in [0.05, 0.1) is 0 Å². The van der Waals surface area contributed by atoms with E-state index in [1.54, 1.807) is 0 Å². The second-order valence-corrected chi connectivity index (χ2v) is 5.72. The van der Waals surface area contributed by atoms with Gasteiger partial charge in [0.1, 0.15) is 5.75 Å². The zero-order valence-electron chi connectivity index (χ0n) is 12.9. The predicted octanol–water partition coefficient (Wildman–Crippen LogP) is 3.69. The molecule has 0 unspecified atom stereocenters. The molecule has 4 heteroatoms. The van der Waals surface area contributed by atoms with E-state index < -0.39 is 0 Å². The summed E-state index contributed by atoms with van der Waals surface area (Å²) in [7, 11) is 0. The monoisotopic (exact) mass is 317 g/mol. The van der Waals surface area contributed by atoms with Crippen molar-refractivity contribution in [1.29, 1.82) is 0 Å². The Labute approximate surface area is 136 Å². The first-order valence-corrected chi connectivity index (χ1v) is 7.63. The van der Waals surface area contributed by atoms with E-state index in [-0.39, 0.29) is 12.5 Å². The number of hydrogen-bond acceptors (Lipinski definition) is 2. The molecule has 0 spiro atoms. The maximum atomic E-state index is 11.8. The van der Waals surface area contributed by atoms with Crippen LogP contribution < -0.4 is 10.1 Å². The molecule has 0 aliphatic carbocycles. The molecule has 0 aliphatic heterocycles. The Morgan fingerprint density at radius 3 is 2.55 bits per heavy atom. The number of nitrogens with one attached hydrogen (secondary N) is 1. The third-order valence-electron chi connectivity index (χ3n) is 3.34. The lowest BCUT2D eigenvalue weighted by Crippen LogP contribution is -2.30. The molecular formula is C18H20ClNO2. The van der Waals surface area contributed by atoms with Crippen molar-refractivity contribution in [1.82, 2.24) is 5.32 Å². The van der Waals surface area contributed by atoms with Crippen LogP contribution in [-0.4, -0.2) is 19.1 Å². The van der Waals surface area contributed by atoms with Crippen LogP contribution in [0.4, 0.5) is 0 Å². The number of amides is 1. The SMILES string of the molecule is Cc1ccc(OCC(=O)NCCc2ccc(Cl)cc2)c(C)c1. The van der Waals surface area contributed by atoms with Gasteiger partial charge >= 0.3 is 0 Å². The highest BCUT2D eigenvalue weighted by atomic mass is 35.5.